The second kappa shape index (κ2) is 6.72. The molecule has 0 saturated carbocycles. The Bertz CT molecular complexity index is 808. The number of amides is 1. The number of thiophene rings is 1. The van der Waals surface area contributed by atoms with Gasteiger partial charge in [-0.15, -0.1) is 11.3 Å². The van der Waals surface area contributed by atoms with E-state index < -0.39 is 0 Å². The second-order valence-electron chi connectivity index (χ2n) is 4.45. The molecule has 22 heavy (non-hydrogen) atoms. The van der Waals surface area contributed by atoms with Gasteiger partial charge < -0.3 is 5.32 Å². The molecule has 0 aliphatic rings. The van der Waals surface area contributed by atoms with E-state index in [4.69, 9.17) is 0 Å². The van der Waals surface area contributed by atoms with Gasteiger partial charge in [0, 0.05) is 23.2 Å². The first-order chi connectivity index (χ1) is 10.7. The van der Waals surface area contributed by atoms with Gasteiger partial charge in [0.05, 0.1) is 9.47 Å². The zero-order valence-electron chi connectivity index (χ0n) is 11.4. The van der Waals surface area contributed by atoms with Gasteiger partial charge in [0.2, 0.25) is 5.91 Å². The van der Waals surface area contributed by atoms with Crippen molar-refractivity contribution < 1.29 is 4.79 Å². The second-order valence-corrected chi connectivity index (χ2v) is 6.94. The number of nitrogens with zero attached hydrogens (tertiary/aromatic N) is 2. The third-order valence-electron chi connectivity index (χ3n) is 2.85. The first-order valence-electron chi connectivity index (χ1n) is 6.56. The molecule has 0 radical (unpaired) electrons. The molecule has 2 aromatic heterocycles. The molecule has 0 saturated heterocycles. The van der Waals surface area contributed by atoms with Crippen molar-refractivity contribution in [3.63, 3.8) is 0 Å². The number of halogens is 1. The molecule has 0 aliphatic heterocycles. The molecular formula is C16H12BrN3OS. The van der Waals surface area contributed by atoms with E-state index in [9.17, 15) is 4.79 Å². The van der Waals surface area contributed by atoms with Crippen LogP contribution >= 0.6 is 27.3 Å². The van der Waals surface area contributed by atoms with E-state index in [-0.39, 0.29) is 5.91 Å². The van der Waals surface area contributed by atoms with E-state index in [1.807, 2.05) is 48.7 Å². The highest BCUT2D eigenvalue weighted by Gasteiger charge is 2.03. The minimum Gasteiger partial charge on any atom is -0.306 e. The predicted molar refractivity (Wildman–Crippen MR) is 93.2 cm³/mol. The van der Waals surface area contributed by atoms with E-state index >= 15 is 0 Å². The Labute approximate surface area is 140 Å². The summed E-state index contributed by atoms with van der Waals surface area (Å²) < 4.78 is 2.75. The number of hydrogen-bond acceptors (Lipinski definition) is 3. The van der Waals surface area contributed by atoms with E-state index in [1.54, 1.807) is 28.2 Å². The molecule has 2 heterocycles. The molecule has 0 aliphatic carbocycles. The highest BCUT2D eigenvalue weighted by atomic mass is 79.9. The maximum atomic E-state index is 11.9. The lowest BCUT2D eigenvalue weighted by molar-refractivity contribution is -0.111. The number of carbonyl (C=O) groups excluding carboxylic acids is 1. The van der Waals surface area contributed by atoms with Gasteiger partial charge in [0.1, 0.15) is 0 Å². The molecule has 0 unspecified atom stereocenters. The van der Waals surface area contributed by atoms with E-state index in [0.29, 0.717) is 5.82 Å². The average molecular weight is 374 g/mol. The molecule has 1 aromatic carbocycles. The van der Waals surface area contributed by atoms with E-state index in [0.717, 1.165) is 14.4 Å². The normalized spacial score (nSPS) is 11.0. The van der Waals surface area contributed by atoms with E-state index in [1.165, 1.54) is 6.08 Å². The number of carbonyl (C=O) groups is 1. The quantitative estimate of drug-likeness (QED) is 0.691. The van der Waals surface area contributed by atoms with Gasteiger partial charge in [-0.25, -0.2) is 4.68 Å². The smallest absolute Gasteiger partial charge is 0.249 e. The fourth-order valence-corrected chi connectivity index (χ4v) is 3.19. The third kappa shape index (κ3) is 3.72. The number of anilines is 1. The van der Waals surface area contributed by atoms with Crippen LogP contribution in [0.1, 0.15) is 4.88 Å². The third-order valence-corrected chi connectivity index (χ3v) is 4.44. The van der Waals surface area contributed by atoms with Crippen LogP contribution in [0, 0.1) is 0 Å². The number of aromatic nitrogens is 2. The van der Waals surface area contributed by atoms with Gasteiger partial charge in [0.25, 0.3) is 0 Å². The van der Waals surface area contributed by atoms with Gasteiger partial charge in [-0.2, -0.15) is 5.10 Å². The van der Waals surface area contributed by atoms with Gasteiger partial charge in [-0.1, -0.05) is 18.2 Å². The van der Waals surface area contributed by atoms with Gasteiger partial charge in [-0.05, 0) is 46.3 Å². The summed E-state index contributed by atoms with van der Waals surface area (Å²) in [4.78, 5) is 12.9. The van der Waals surface area contributed by atoms with Gasteiger partial charge in [-0.3, -0.25) is 4.79 Å². The number of hydrogen-bond donors (Lipinski definition) is 1. The van der Waals surface area contributed by atoms with Crippen LogP contribution in [0.15, 0.2) is 64.6 Å². The number of rotatable bonds is 4. The number of nitrogens with one attached hydrogen (secondary N) is 1. The summed E-state index contributed by atoms with van der Waals surface area (Å²) >= 11 is 4.96. The minimum atomic E-state index is -0.206. The molecule has 1 N–H and O–H groups in total. The lowest BCUT2D eigenvalue weighted by Gasteiger charge is -2.00. The Morgan fingerprint density at radius 2 is 2.00 bits per heavy atom. The molecule has 110 valence electrons. The average Bonchev–Trinajstić information content (AvgIpc) is 3.15. The Morgan fingerprint density at radius 3 is 2.73 bits per heavy atom. The van der Waals surface area contributed by atoms with Crippen LogP contribution in [-0.4, -0.2) is 15.7 Å². The zero-order valence-corrected chi connectivity index (χ0v) is 13.8. The molecule has 6 heteroatoms. The monoisotopic (exact) mass is 373 g/mol. The maximum absolute atomic E-state index is 11.9. The summed E-state index contributed by atoms with van der Waals surface area (Å²) in [6.45, 7) is 0. The molecule has 0 spiro atoms. The first-order valence-corrected chi connectivity index (χ1v) is 8.17. The Hall–Kier alpha value is -2.18. The molecule has 3 aromatic rings. The zero-order chi connectivity index (χ0) is 15.4. The Kier molecular flexibility index (Phi) is 4.50. The highest BCUT2D eigenvalue weighted by Crippen LogP contribution is 2.23. The molecule has 0 fully saturated rings. The van der Waals surface area contributed by atoms with E-state index in [2.05, 4.69) is 26.3 Å². The molecule has 3 rings (SSSR count). The van der Waals surface area contributed by atoms with Crippen molar-refractivity contribution >= 4 is 45.1 Å². The Balaban J connectivity index is 1.65. The SMILES string of the molecule is O=C(/C=C/c1ccc(Br)s1)Nc1ccn(-c2ccccc2)n1. The first kappa shape index (κ1) is 14.7. The highest BCUT2D eigenvalue weighted by molar-refractivity contribution is 9.11. The van der Waals surface area contributed by atoms with Crippen molar-refractivity contribution in [2.24, 2.45) is 0 Å². The molecule has 0 atom stereocenters. The lowest BCUT2D eigenvalue weighted by Crippen LogP contribution is -2.08. The van der Waals surface area contributed by atoms with Crippen LogP contribution in [0.2, 0.25) is 0 Å². The van der Waals surface area contributed by atoms with Gasteiger partial charge in [0.15, 0.2) is 5.82 Å². The molecule has 1 amide bonds. The number of para-hydroxylation sites is 1. The van der Waals surface area contributed by atoms with Crippen molar-refractivity contribution in [2.45, 2.75) is 0 Å². The van der Waals surface area contributed by atoms with Crippen molar-refractivity contribution in [1.29, 1.82) is 0 Å². The van der Waals surface area contributed by atoms with Crippen LogP contribution in [0.5, 0.6) is 0 Å². The van der Waals surface area contributed by atoms with Crippen LogP contribution < -0.4 is 5.32 Å². The molecular weight excluding hydrogens is 362 g/mol. The van der Waals surface area contributed by atoms with Crippen LogP contribution in [0.25, 0.3) is 11.8 Å². The fourth-order valence-electron chi connectivity index (χ4n) is 1.86. The summed E-state index contributed by atoms with van der Waals surface area (Å²) in [5, 5.41) is 7.07. The Morgan fingerprint density at radius 1 is 1.18 bits per heavy atom. The summed E-state index contributed by atoms with van der Waals surface area (Å²) in [6.07, 6.45) is 5.09. The van der Waals surface area contributed by atoms with Crippen LogP contribution in [-0.2, 0) is 4.79 Å². The van der Waals surface area contributed by atoms with Crippen LogP contribution in [0.3, 0.4) is 0 Å². The van der Waals surface area contributed by atoms with Gasteiger partial charge >= 0.3 is 0 Å². The predicted octanol–water partition coefficient (Wildman–Crippen LogP) is 4.35. The largest absolute Gasteiger partial charge is 0.306 e. The van der Waals surface area contributed by atoms with Crippen molar-refractivity contribution in [2.75, 3.05) is 5.32 Å². The fraction of sp³-hybridized carbons (Fsp3) is 0. The summed E-state index contributed by atoms with van der Waals surface area (Å²) in [7, 11) is 0. The summed E-state index contributed by atoms with van der Waals surface area (Å²) in [5.41, 5.74) is 0.946. The van der Waals surface area contributed by atoms with Crippen molar-refractivity contribution in [3.8, 4) is 5.69 Å². The standard InChI is InChI=1S/C16H12BrN3OS/c17-14-8-6-13(22-14)7-9-16(21)18-15-10-11-20(19-15)12-4-2-1-3-5-12/h1-11H,(H,18,19,21)/b9-7+. The van der Waals surface area contributed by atoms with Crippen LogP contribution in [0.4, 0.5) is 5.82 Å². The maximum Gasteiger partial charge on any atom is 0.249 e. The molecule has 0 bridgehead atoms. The lowest BCUT2D eigenvalue weighted by atomic mass is 10.3. The van der Waals surface area contributed by atoms with Crippen molar-refractivity contribution in [1.82, 2.24) is 9.78 Å². The topological polar surface area (TPSA) is 46.9 Å². The molecule has 4 nitrogen and oxygen atoms in total. The summed E-state index contributed by atoms with van der Waals surface area (Å²) in [5.74, 6) is 0.314. The minimum absolute atomic E-state index is 0.206. The van der Waals surface area contributed by atoms with Crippen molar-refractivity contribution in [3.05, 3.63) is 69.5 Å². The number of benzene rings is 1. The summed E-state index contributed by atoms with van der Waals surface area (Å²) in [6, 6.07) is 15.4.